The minimum Gasteiger partial charge on any atom is -0.366 e. The fourth-order valence-corrected chi connectivity index (χ4v) is 4.08. The van der Waals surface area contributed by atoms with Gasteiger partial charge >= 0.3 is 6.03 Å². The molecule has 0 saturated carbocycles. The lowest BCUT2D eigenvalue weighted by Crippen LogP contribution is -2.21. The number of benzene rings is 1. The molecule has 3 aromatic rings. The van der Waals surface area contributed by atoms with Gasteiger partial charge in [0.1, 0.15) is 5.00 Å². The molecule has 24 heavy (non-hydrogen) atoms. The lowest BCUT2D eigenvalue weighted by molar-refractivity contribution is 0.0997. The van der Waals surface area contributed by atoms with Crippen LogP contribution < -0.4 is 22.1 Å². The highest BCUT2D eigenvalue weighted by atomic mass is 32.1. The number of carbonyl (C=O) groups is 3. The fourth-order valence-electron chi connectivity index (χ4n) is 2.17. The first-order valence-corrected chi connectivity index (χ1v) is 8.43. The van der Waals surface area contributed by atoms with Gasteiger partial charge in [-0.3, -0.25) is 14.9 Å². The van der Waals surface area contributed by atoms with E-state index in [-0.39, 0.29) is 16.5 Å². The van der Waals surface area contributed by atoms with Gasteiger partial charge in [0.05, 0.1) is 16.1 Å². The van der Waals surface area contributed by atoms with Crippen LogP contribution in [0.4, 0.5) is 14.8 Å². The van der Waals surface area contributed by atoms with Gasteiger partial charge in [0, 0.05) is 15.5 Å². The average molecular weight is 360 g/mol. The van der Waals surface area contributed by atoms with E-state index in [9.17, 15) is 14.4 Å². The molecule has 0 radical (unpaired) electrons. The van der Waals surface area contributed by atoms with Crippen molar-refractivity contribution in [2.45, 2.75) is 0 Å². The topological polar surface area (TPSA) is 127 Å². The molecule has 7 nitrogen and oxygen atoms in total. The molecule has 0 aliphatic carbocycles. The van der Waals surface area contributed by atoms with Crippen molar-refractivity contribution in [1.82, 2.24) is 0 Å². The number of rotatable bonds is 4. The van der Waals surface area contributed by atoms with E-state index in [4.69, 9.17) is 11.5 Å². The maximum Gasteiger partial charge on any atom is 0.317 e. The number of thiophene rings is 2. The standard InChI is InChI=1S/C15H12N4O3S2/c16-12(20)8-5-11(24-14(8)19-15(17)22)18-13(21)9-6-23-10-4-2-1-3-7(9)10/h1-6H,(H2,16,20)(H,18,21)(H3,17,19,22). The zero-order valence-corrected chi connectivity index (χ0v) is 13.8. The van der Waals surface area contributed by atoms with Crippen LogP contribution in [0, 0.1) is 0 Å². The summed E-state index contributed by atoms with van der Waals surface area (Å²) >= 11 is 2.48. The zero-order chi connectivity index (χ0) is 17.3. The molecule has 4 amide bonds. The molecule has 1 aromatic carbocycles. The van der Waals surface area contributed by atoms with Gasteiger partial charge in [-0.15, -0.1) is 11.3 Å². The third-order valence-electron chi connectivity index (χ3n) is 3.20. The van der Waals surface area contributed by atoms with E-state index < -0.39 is 11.9 Å². The van der Waals surface area contributed by atoms with Crippen molar-refractivity contribution in [3.05, 3.63) is 46.8 Å². The zero-order valence-electron chi connectivity index (χ0n) is 12.2. The molecule has 2 aromatic heterocycles. The maximum absolute atomic E-state index is 12.5. The summed E-state index contributed by atoms with van der Waals surface area (Å²) in [6.07, 6.45) is 0. The smallest absolute Gasteiger partial charge is 0.317 e. The van der Waals surface area contributed by atoms with Crippen LogP contribution >= 0.6 is 22.7 Å². The Morgan fingerprint density at radius 3 is 2.46 bits per heavy atom. The van der Waals surface area contributed by atoms with Crippen LogP contribution in [0.15, 0.2) is 35.7 Å². The Balaban J connectivity index is 1.89. The quantitative estimate of drug-likeness (QED) is 0.571. The Bertz CT molecular complexity index is 961. The monoisotopic (exact) mass is 360 g/mol. The number of hydrogen-bond acceptors (Lipinski definition) is 5. The number of fused-ring (bicyclic) bond motifs is 1. The number of nitrogens with two attached hydrogens (primary N) is 2. The van der Waals surface area contributed by atoms with Crippen LogP contribution in [0.3, 0.4) is 0 Å². The van der Waals surface area contributed by atoms with Crippen LogP contribution in [0.5, 0.6) is 0 Å². The van der Waals surface area contributed by atoms with Gasteiger partial charge in [-0.05, 0) is 12.1 Å². The predicted octanol–water partition coefficient (Wildman–Crippen LogP) is 2.80. The lowest BCUT2D eigenvalue weighted by atomic mass is 10.1. The summed E-state index contributed by atoms with van der Waals surface area (Å²) in [6.45, 7) is 0. The summed E-state index contributed by atoms with van der Waals surface area (Å²) in [7, 11) is 0. The second kappa shape index (κ2) is 6.30. The Hall–Kier alpha value is -2.91. The summed E-state index contributed by atoms with van der Waals surface area (Å²) in [6, 6.07) is 8.15. The Morgan fingerprint density at radius 1 is 1.00 bits per heavy atom. The molecule has 0 bridgehead atoms. The van der Waals surface area contributed by atoms with Gasteiger partial charge in [0.15, 0.2) is 0 Å². The molecular formula is C15H12N4O3S2. The van der Waals surface area contributed by atoms with Gasteiger partial charge in [-0.2, -0.15) is 0 Å². The molecule has 0 fully saturated rings. The van der Waals surface area contributed by atoms with Crippen molar-refractivity contribution in [2.24, 2.45) is 11.5 Å². The van der Waals surface area contributed by atoms with Crippen LogP contribution in [0.1, 0.15) is 20.7 Å². The molecule has 0 aliphatic heterocycles. The van der Waals surface area contributed by atoms with Gasteiger partial charge in [0.25, 0.3) is 11.8 Å². The Kier molecular flexibility index (Phi) is 4.19. The molecule has 3 rings (SSSR count). The van der Waals surface area contributed by atoms with Crippen molar-refractivity contribution in [3.63, 3.8) is 0 Å². The number of carbonyl (C=O) groups excluding carboxylic acids is 3. The van der Waals surface area contributed by atoms with Crippen molar-refractivity contribution < 1.29 is 14.4 Å². The van der Waals surface area contributed by atoms with Gasteiger partial charge < -0.3 is 16.8 Å². The second-order valence-corrected chi connectivity index (χ2v) is 6.77. The minimum absolute atomic E-state index is 0.0873. The van der Waals surface area contributed by atoms with Crippen molar-refractivity contribution in [1.29, 1.82) is 0 Å². The summed E-state index contributed by atoms with van der Waals surface area (Å²) in [5.74, 6) is -1.04. The normalized spacial score (nSPS) is 10.5. The Morgan fingerprint density at radius 2 is 1.75 bits per heavy atom. The summed E-state index contributed by atoms with van der Waals surface area (Å²) < 4.78 is 1.00. The van der Waals surface area contributed by atoms with Crippen molar-refractivity contribution >= 4 is 60.6 Å². The largest absolute Gasteiger partial charge is 0.366 e. The van der Waals surface area contributed by atoms with E-state index in [2.05, 4.69) is 10.6 Å². The molecule has 9 heteroatoms. The Labute approximate surface area is 144 Å². The highest BCUT2D eigenvalue weighted by Gasteiger charge is 2.18. The summed E-state index contributed by atoms with van der Waals surface area (Å²) in [5.41, 5.74) is 11.0. The lowest BCUT2D eigenvalue weighted by Gasteiger charge is -2.01. The van der Waals surface area contributed by atoms with Crippen molar-refractivity contribution in [3.8, 4) is 0 Å². The molecule has 0 saturated heterocycles. The van der Waals surface area contributed by atoms with Gasteiger partial charge in [-0.1, -0.05) is 29.5 Å². The first kappa shape index (κ1) is 16.0. The van der Waals surface area contributed by atoms with Crippen LogP contribution in [-0.2, 0) is 0 Å². The molecule has 6 N–H and O–H groups in total. The molecular weight excluding hydrogens is 348 g/mol. The first-order chi connectivity index (χ1) is 11.5. The number of nitrogens with one attached hydrogen (secondary N) is 2. The minimum atomic E-state index is -0.818. The van der Waals surface area contributed by atoms with E-state index in [0.717, 1.165) is 21.4 Å². The van der Waals surface area contributed by atoms with Crippen LogP contribution in [0.25, 0.3) is 10.1 Å². The first-order valence-electron chi connectivity index (χ1n) is 6.73. The second-order valence-electron chi connectivity index (χ2n) is 4.81. The highest BCUT2D eigenvalue weighted by molar-refractivity contribution is 7.20. The fraction of sp³-hybridized carbons (Fsp3) is 0. The number of urea groups is 1. The van der Waals surface area contributed by atoms with Crippen molar-refractivity contribution in [2.75, 3.05) is 10.6 Å². The highest BCUT2D eigenvalue weighted by Crippen LogP contribution is 2.33. The van der Waals surface area contributed by atoms with Crippen LogP contribution in [0.2, 0.25) is 0 Å². The molecule has 0 unspecified atom stereocenters. The van der Waals surface area contributed by atoms with E-state index in [1.165, 1.54) is 17.4 Å². The van der Waals surface area contributed by atoms with Gasteiger partial charge in [0.2, 0.25) is 0 Å². The number of amides is 4. The summed E-state index contributed by atoms with van der Waals surface area (Å²) in [5, 5.41) is 8.23. The SMILES string of the molecule is NC(=O)Nc1sc(NC(=O)c2csc3ccccc23)cc1C(N)=O. The van der Waals surface area contributed by atoms with E-state index in [1.54, 1.807) is 5.38 Å². The molecule has 2 heterocycles. The molecule has 0 aliphatic rings. The number of anilines is 2. The number of primary amides is 2. The van der Waals surface area contributed by atoms with E-state index >= 15 is 0 Å². The summed E-state index contributed by atoms with van der Waals surface area (Å²) in [4.78, 5) is 34.9. The number of hydrogen-bond donors (Lipinski definition) is 4. The molecule has 0 atom stereocenters. The average Bonchev–Trinajstić information content (AvgIpc) is 3.10. The van der Waals surface area contributed by atoms with E-state index in [0.29, 0.717) is 10.6 Å². The van der Waals surface area contributed by atoms with Crippen LogP contribution in [-0.4, -0.2) is 17.8 Å². The predicted molar refractivity (Wildman–Crippen MR) is 95.8 cm³/mol. The third kappa shape index (κ3) is 3.07. The third-order valence-corrected chi connectivity index (χ3v) is 5.13. The maximum atomic E-state index is 12.5. The molecule has 0 spiro atoms. The van der Waals surface area contributed by atoms with E-state index in [1.807, 2.05) is 24.3 Å². The van der Waals surface area contributed by atoms with Gasteiger partial charge in [-0.25, -0.2) is 4.79 Å². The molecule has 122 valence electrons.